The lowest BCUT2D eigenvalue weighted by Gasteiger charge is -2.26. The quantitative estimate of drug-likeness (QED) is 0.256. The van der Waals surface area contributed by atoms with Crippen molar-refractivity contribution >= 4 is 28.3 Å². The summed E-state index contributed by atoms with van der Waals surface area (Å²) in [5.41, 5.74) is 2.21. The second-order valence-electron chi connectivity index (χ2n) is 9.67. The monoisotopic (exact) mass is 540 g/mol. The second-order valence-corrected chi connectivity index (χ2v) is 9.67. The van der Waals surface area contributed by atoms with Crippen LogP contribution in [0.2, 0.25) is 0 Å². The summed E-state index contributed by atoms with van der Waals surface area (Å²) in [5.74, 6) is 0.817. The molecule has 1 N–H and O–H groups in total. The average Bonchev–Trinajstić information content (AvgIpc) is 3.40. The maximum Gasteiger partial charge on any atom is 0.416 e. The summed E-state index contributed by atoms with van der Waals surface area (Å²) >= 11 is 0. The van der Waals surface area contributed by atoms with Crippen molar-refractivity contribution in [1.29, 1.82) is 0 Å². The first-order valence-electron chi connectivity index (χ1n) is 12.7. The molecule has 0 spiro atoms. The highest BCUT2D eigenvalue weighted by Gasteiger charge is 2.31. The van der Waals surface area contributed by atoms with E-state index in [9.17, 15) is 22.8 Å². The Balaban J connectivity index is 1.18. The van der Waals surface area contributed by atoms with E-state index in [1.165, 1.54) is 12.1 Å². The van der Waals surface area contributed by atoms with Gasteiger partial charge >= 0.3 is 6.18 Å². The molecule has 0 saturated carbocycles. The number of nitrogens with zero attached hydrogens (tertiary/aromatic N) is 1. The van der Waals surface area contributed by atoms with Crippen molar-refractivity contribution in [2.24, 2.45) is 0 Å². The number of rotatable bonds is 4. The Hall–Kier alpha value is -4.85. The fourth-order valence-corrected chi connectivity index (χ4v) is 5.01. The molecule has 40 heavy (non-hydrogen) atoms. The van der Waals surface area contributed by atoms with E-state index in [1.54, 1.807) is 17.0 Å². The van der Waals surface area contributed by atoms with E-state index in [-0.39, 0.29) is 23.9 Å². The van der Waals surface area contributed by atoms with Gasteiger partial charge in [0.15, 0.2) is 0 Å². The van der Waals surface area contributed by atoms with Crippen molar-refractivity contribution in [3.8, 4) is 11.3 Å². The van der Waals surface area contributed by atoms with Crippen molar-refractivity contribution in [2.75, 3.05) is 11.9 Å². The topological polar surface area (TPSA) is 62.6 Å². The van der Waals surface area contributed by atoms with Crippen molar-refractivity contribution in [3.05, 3.63) is 125 Å². The van der Waals surface area contributed by atoms with Crippen LogP contribution in [0.4, 0.5) is 18.9 Å². The van der Waals surface area contributed by atoms with Crippen LogP contribution in [0.3, 0.4) is 0 Å². The van der Waals surface area contributed by atoms with Crippen LogP contribution in [-0.4, -0.2) is 23.3 Å². The van der Waals surface area contributed by atoms with E-state index in [1.807, 2.05) is 60.7 Å². The number of furan rings is 1. The molecule has 6 rings (SSSR count). The van der Waals surface area contributed by atoms with Gasteiger partial charge in [-0.2, -0.15) is 13.2 Å². The highest BCUT2D eigenvalue weighted by molar-refractivity contribution is 6.13. The number of fused-ring (bicyclic) bond motifs is 2. The van der Waals surface area contributed by atoms with E-state index in [2.05, 4.69) is 5.32 Å². The molecule has 0 unspecified atom stereocenters. The Bertz CT molecular complexity index is 1730. The highest BCUT2D eigenvalue weighted by Crippen LogP contribution is 2.33. The van der Waals surface area contributed by atoms with Gasteiger partial charge in [-0.15, -0.1) is 0 Å². The molecule has 2 heterocycles. The predicted octanol–water partition coefficient (Wildman–Crippen LogP) is 7.57. The minimum atomic E-state index is -4.45. The molecule has 5 aromatic rings. The molecule has 0 aliphatic carbocycles. The zero-order valence-corrected chi connectivity index (χ0v) is 21.2. The maximum atomic E-state index is 13.1. The summed E-state index contributed by atoms with van der Waals surface area (Å²) in [7, 11) is 0. The summed E-state index contributed by atoms with van der Waals surface area (Å²) in [6, 6.07) is 26.8. The van der Waals surface area contributed by atoms with Crippen LogP contribution >= 0.6 is 0 Å². The fourth-order valence-electron chi connectivity index (χ4n) is 5.01. The number of carbonyl (C=O) groups is 2. The number of amides is 2. The molecule has 0 radical (unpaired) electrons. The average molecular weight is 541 g/mol. The van der Waals surface area contributed by atoms with Crippen LogP contribution in [0.1, 0.15) is 37.6 Å². The van der Waals surface area contributed by atoms with E-state index >= 15 is 0 Å². The normalized spacial score (nSPS) is 13.2. The molecular weight excluding hydrogens is 517 g/mol. The standard InChI is InChI=1S/C32H23F3N2O3/c33-32(34,35)24-13-11-21(12-14-24)31(39)37-16-15-28-23(19-37)18-29(40-28)22-7-3-8-25(17-22)36-30(38)27-10-4-6-20-5-1-2-9-26(20)27/h1-14,17-18H,15-16,19H2,(H,36,38). The molecule has 4 aromatic carbocycles. The first-order chi connectivity index (χ1) is 19.3. The van der Waals surface area contributed by atoms with Crippen molar-refractivity contribution in [2.45, 2.75) is 19.1 Å². The Morgan fingerprint density at radius 2 is 1.60 bits per heavy atom. The summed E-state index contributed by atoms with van der Waals surface area (Å²) in [6.45, 7) is 0.678. The lowest BCUT2D eigenvalue weighted by atomic mass is 10.0. The molecule has 5 nitrogen and oxygen atoms in total. The molecule has 8 heteroatoms. The summed E-state index contributed by atoms with van der Waals surface area (Å²) < 4.78 is 44.7. The van der Waals surface area contributed by atoms with Crippen molar-refractivity contribution in [3.63, 3.8) is 0 Å². The van der Waals surface area contributed by atoms with E-state index < -0.39 is 11.7 Å². The Kier molecular flexibility index (Phi) is 6.38. The molecule has 0 fully saturated rings. The largest absolute Gasteiger partial charge is 0.461 e. The van der Waals surface area contributed by atoms with Crippen molar-refractivity contribution in [1.82, 2.24) is 4.90 Å². The lowest BCUT2D eigenvalue weighted by molar-refractivity contribution is -0.137. The zero-order valence-electron chi connectivity index (χ0n) is 21.2. The van der Waals surface area contributed by atoms with Gasteiger partial charge in [-0.1, -0.05) is 48.5 Å². The lowest BCUT2D eigenvalue weighted by Crippen LogP contribution is -2.35. The third-order valence-electron chi connectivity index (χ3n) is 7.05. The van der Waals surface area contributed by atoms with Gasteiger partial charge in [0, 0.05) is 47.5 Å². The number of hydrogen-bond donors (Lipinski definition) is 1. The first kappa shape index (κ1) is 25.4. The molecule has 200 valence electrons. The van der Waals surface area contributed by atoms with Crippen LogP contribution in [0, 0.1) is 0 Å². The van der Waals surface area contributed by atoms with Gasteiger partial charge in [-0.3, -0.25) is 9.59 Å². The number of carbonyl (C=O) groups excluding carboxylic acids is 2. The highest BCUT2D eigenvalue weighted by atomic mass is 19.4. The molecule has 1 aliphatic heterocycles. The molecule has 0 atom stereocenters. The van der Waals surface area contributed by atoms with Gasteiger partial charge in [0.25, 0.3) is 11.8 Å². The van der Waals surface area contributed by atoms with Gasteiger partial charge in [-0.05, 0) is 59.3 Å². The molecule has 0 bridgehead atoms. The van der Waals surface area contributed by atoms with Gasteiger partial charge < -0.3 is 14.6 Å². The summed E-state index contributed by atoms with van der Waals surface area (Å²) in [4.78, 5) is 27.7. The molecule has 1 aliphatic rings. The number of alkyl halides is 3. The Morgan fingerprint density at radius 1 is 0.850 bits per heavy atom. The zero-order chi connectivity index (χ0) is 27.9. The molecule has 2 amide bonds. The number of benzene rings is 4. The number of anilines is 1. The number of halogens is 3. The van der Waals surface area contributed by atoms with Gasteiger partial charge in [-0.25, -0.2) is 0 Å². The van der Waals surface area contributed by atoms with Crippen molar-refractivity contribution < 1.29 is 27.2 Å². The van der Waals surface area contributed by atoms with E-state index in [0.717, 1.165) is 39.8 Å². The smallest absolute Gasteiger partial charge is 0.416 e. The fraction of sp³-hybridized carbons (Fsp3) is 0.125. The van der Waals surface area contributed by atoms with E-state index in [0.29, 0.717) is 30.0 Å². The minimum absolute atomic E-state index is 0.204. The number of nitrogens with one attached hydrogen (secondary N) is 1. The second kappa shape index (κ2) is 10.0. The van der Waals surface area contributed by atoms with Crippen LogP contribution < -0.4 is 5.32 Å². The predicted molar refractivity (Wildman–Crippen MR) is 146 cm³/mol. The summed E-state index contributed by atoms with van der Waals surface area (Å²) in [6.07, 6.45) is -3.97. The molecule has 0 saturated heterocycles. The Morgan fingerprint density at radius 3 is 2.40 bits per heavy atom. The maximum absolute atomic E-state index is 13.1. The third kappa shape index (κ3) is 4.96. The molecule has 1 aromatic heterocycles. The van der Waals surface area contributed by atoms with Gasteiger partial charge in [0.2, 0.25) is 0 Å². The van der Waals surface area contributed by atoms with Crippen LogP contribution in [-0.2, 0) is 19.1 Å². The minimum Gasteiger partial charge on any atom is -0.461 e. The van der Waals surface area contributed by atoms with Gasteiger partial charge in [0.05, 0.1) is 5.56 Å². The first-order valence-corrected chi connectivity index (χ1v) is 12.7. The Labute approximate surface area is 227 Å². The summed E-state index contributed by atoms with van der Waals surface area (Å²) in [5, 5.41) is 4.82. The van der Waals surface area contributed by atoms with Crippen LogP contribution in [0.25, 0.3) is 22.1 Å². The SMILES string of the molecule is O=C(Nc1cccc(-c2cc3c(o2)CCN(C(=O)c2ccc(C(F)(F)F)cc2)C3)c1)c1cccc2ccccc12. The van der Waals surface area contributed by atoms with Crippen LogP contribution in [0.5, 0.6) is 0 Å². The third-order valence-corrected chi connectivity index (χ3v) is 7.05. The molecular formula is C32H23F3N2O3. The van der Waals surface area contributed by atoms with E-state index in [4.69, 9.17) is 4.42 Å². The number of hydrogen-bond acceptors (Lipinski definition) is 3. The van der Waals surface area contributed by atoms with Crippen LogP contribution in [0.15, 0.2) is 101 Å². The van der Waals surface area contributed by atoms with Gasteiger partial charge in [0.1, 0.15) is 11.5 Å².